The number of pyridine rings is 1. The highest BCUT2D eigenvalue weighted by Gasteiger charge is 2.24. The lowest BCUT2D eigenvalue weighted by Crippen LogP contribution is -2.35. The number of rotatable bonds is 4. The number of amides is 1. The van der Waals surface area contributed by atoms with Crippen molar-refractivity contribution in [1.29, 1.82) is 0 Å². The van der Waals surface area contributed by atoms with E-state index in [9.17, 15) is 9.18 Å². The van der Waals surface area contributed by atoms with Crippen LogP contribution in [0.15, 0.2) is 36.4 Å². The number of hydrogen-bond donors (Lipinski definition) is 0. The average Bonchev–Trinajstić information content (AvgIpc) is 2.87. The Morgan fingerprint density at radius 2 is 1.96 bits per heavy atom. The van der Waals surface area contributed by atoms with Gasteiger partial charge in [0.25, 0.3) is 5.91 Å². The van der Waals surface area contributed by atoms with Crippen LogP contribution in [-0.2, 0) is 6.54 Å². The van der Waals surface area contributed by atoms with Crippen molar-refractivity contribution in [3.8, 4) is 5.75 Å². The Morgan fingerprint density at radius 3 is 2.73 bits per heavy atom. The van der Waals surface area contributed by atoms with E-state index in [4.69, 9.17) is 4.74 Å². The number of benzene rings is 1. The second kappa shape index (κ2) is 8.27. The number of methoxy groups -OCH3 is 1. The Labute approximate surface area is 153 Å². The zero-order chi connectivity index (χ0) is 18.5. The molecule has 1 saturated heterocycles. The molecule has 138 valence electrons. The average molecular weight is 357 g/mol. The standard InChI is InChI=1S/C20H24FN3O2/c1-15-6-3-7-16(22-15)14-23-10-5-11-24(13-12-23)20(25)17-8-4-9-18(26-2)19(17)21/h3-4,6-9H,5,10-14H2,1-2H3. The SMILES string of the molecule is COc1cccc(C(=O)N2CCCN(Cc3cccc(C)n3)CC2)c1F. The molecule has 1 fully saturated rings. The minimum absolute atomic E-state index is 0.0677. The molecular weight excluding hydrogens is 333 g/mol. The van der Waals surface area contributed by atoms with Crippen LogP contribution >= 0.6 is 0 Å². The van der Waals surface area contributed by atoms with E-state index in [2.05, 4.69) is 9.88 Å². The highest BCUT2D eigenvalue weighted by molar-refractivity contribution is 5.95. The van der Waals surface area contributed by atoms with E-state index in [1.54, 1.807) is 11.0 Å². The van der Waals surface area contributed by atoms with Crippen molar-refractivity contribution in [2.45, 2.75) is 19.9 Å². The summed E-state index contributed by atoms with van der Waals surface area (Å²) in [6, 6.07) is 10.7. The predicted octanol–water partition coefficient (Wildman–Crippen LogP) is 2.89. The lowest BCUT2D eigenvalue weighted by atomic mass is 10.1. The van der Waals surface area contributed by atoms with Gasteiger partial charge in [0.2, 0.25) is 0 Å². The fourth-order valence-corrected chi connectivity index (χ4v) is 3.25. The quantitative estimate of drug-likeness (QED) is 0.844. The Morgan fingerprint density at radius 1 is 1.15 bits per heavy atom. The molecule has 2 aromatic rings. The highest BCUT2D eigenvalue weighted by atomic mass is 19.1. The molecule has 5 nitrogen and oxygen atoms in total. The van der Waals surface area contributed by atoms with E-state index in [0.717, 1.165) is 37.4 Å². The molecule has 26 heavy (non-hydrogen) atoms. The molecule has 0 spiro atoms. The Balaban J connectivity index is 1.66. The van der Waals surface area contributed by atoms with E-state index in [1.807, 2.05) is 25.1 Å². The second-order valence-corrected chi connectivity index (χ2v) is 6.51. The number of nitrogens with zero attached hydrogens (tertiary/aromatic N) is 3. The molecule has 3 rings (SSSR count). The maximum atomic E-state index is 14.4. The molecular formula is C20H24FN3O2. The van der Waals surface area contributed by atoms with Crippen LogP contribution in [0.5, 0.6) is 5.75 Å². The molecule has 1 amide bonds. The van der Waals surface area contributed by atoms with Crippen molar-refractivity contribution in [2.24, 2.45) is 0 Å². The zero-order valence-corrected chi connectivity index (χ0v) is 15.2. The van der Waals surface area contributed by atoms with Crippen molar-refractivity contribution >= 4 is 5.91 Å². The molecule has 1 aromatic heterocycles. The maximum Gasteiger partial charge on any atom is 0.257 e. The molecule has 2 heterocycles. The zero-order valence-electron chi connectivity index (χ0n) is 15.2. The summed E-state index contributed by atoms with van der Waals surface area (Å²) in [7, 11) is 1.40. The van der Waals surface area contributed by atoms with Crippen LogP contribution in [0.2, 0.25) is 0 Å². The molecule has 1 aliphatic heterocycles. The number of carbonyl (C=O) groups excluding carboxylic acids is 1. The van der Waals surface area contributed by atoms with Crippen LogP contribution in [0.3, 0.4) is 0 Å². The summed E-state index contributed by atoms with van der Waals surface area (Å²) in [5, 5.41) is 0. The van der Waals surface area contributed by atoms with Crippen molar-refractivity contribution < 1.29 is 13.9 Å². The van der Waals surface area contributed by atoms with Crippen molar-refractivity contribution in [3.05, 3.63) is 59.2 Å². The summed E-state index contributed by atoms with van der Waals surface area (Å²) >= 11 is 0. The fraction of sp³-hybridized carbons (Fsp3) is 0.400. The molecule has 0 radical (unpaired) electrons. The number of aromatic nitrogens is 1. The van der Waals surface area contributed by atoms with Gasteiger partial charge >= 0.3 is 0 Å². The first-order valence-corrected chi connectivity index (χ1v) is 8.85. The summed E-state index contributed by atoms with van der Waals surface area (Å²) in [6.07, 6.45) is 0.850. The minimum atomic E-state index is -0.593. The summed E-state index contributed by atoms with van der Waals surface area (Å²) in [5.74, 6) is -0.778. The lowest BCUT2D eigenvalue weighted by molar-refractivity contribution is 0.0755. The first kappa shape index (κ1) is 18.3. The highest BCUT2D eigenvalue weighted by Crippen LogP contribution is 2.22. The van der Waals surface area contributed by atoms with Crippen molar-refractivity contribution in [3.63, 3.8) is 0 Å². The summed E-state index contributed by atoms with van der Waals surface area (Å²) in [4.78, 5) is 21.3. The van der Waals surface area contributed by atoms with Gasteiger partial charge in [0.05, 0.1) is 18.4 Å². The third kappa shape index (κ3) is 4.19. The Bertz CT molecular complexity index is 781. The van der Waals surface area contributed by atoms with Crippen molar-refractivity contribution in [2.75, 3.05) is 33.3 Å². The Kier molecular flexibility index (Phi) is 5.83. The lowest BCUT2D eigenvalue weighted by Gasteiger charge is -2.22. The van der Waals surface area contributed by atoms with Crippen LogP contribution in [0.4, 0.5) is 4.39 Å². The third-order valence-electron chi connectivity index (χ3n) is 4.62. The molecule has 0 bridgehead atoms. The van der Waals surface area contributed by atoms with Crippen LogP contribution in [0.1, 0.15) is 28.2 Å². The van der Waals surface area contributed by atoms with Crippen LogP contribution in [-0.4, -0.2) is 54.0 Å². The van der Waals surface area contributed by atoms with Crippen LogP contribution in [0, 0.1) is 12.7 Å². The van der Waals surface area contributed by atoms with Gasteiger partial charge in [0.1, 0.15) is 0 Å². The van der Waals surface area contributed by atoms with Gasteiger partial charge in [0, 0.05) is 38.4 Å². The second-order valence-electron chi connectivity index (χ2n) is 6.51. The molecule has 6 heteroatoms. The van der Waals surface area contributed by atoms with E-state index in [1.165, 1.54) is 19.2 Å². The van der Waals surface area contributed by atoms with Gasteiger partial charge < -0.3 is 9.64 Å². The molecule has 0 saturated carbocycles. The molecule has 0 aliphatic carbocycles. The van der Waals surface area contributed by atoms with E-state index in [-0.39, 0.29) is 17.2 Å². The number of halogens is 1. The number of aryl methyl sites for hydroxylation is 1. The van der Waals surface area contributed by atoms with Gasteiger partial charge in [-0.3, -0.25) is 14.7 Å². The first-order chi connectivity index (χ1) is 12.6. The van der Waals surface area contributed by atoms with Crippen molar-refractivity contribution in [1.82, 2.24) is 14.8 Å². The monoisotopic (exact) mass is 357 g/mol. The third-order valence-corrected chi connectivity index (χ3v) is 4.62. The smallest absolute Gasteiger partial charge is 0.257 e. The maximum absolute atomic E-state index is 14.4. The minimum Gasteiger partial charge on any atom is -0.494 e. The van der Waals surface area contributed by atoms with Crippen LogP contribution < -0.4 is 4.74 Å². The van der Waals surface area contributed by atoms with E-state index >= 15 is 0 Å². The Hall–Kier alpha value is -2.47. The number of ether oxygens (including phenoxy) is 1. The summed E-state index contributed by atoms with van der Waals surface area (Å²) < 4.78 is 19.4. The predicted molar refractivity (Wildman–Crippen MR) is 97.7 cm³/mol. The fourth-order valence-electron chi connectivity index (χ4n) is 3.25. The summed E-state index contributed by atoms with van der Waals surface area (Å²) in [6.45, 7) is 5.56. The van der Waals surface area contributed by atoms with Gasteiger partial charge in [0.15, 0.2) is 11.6 Å². The van der Waals surface area contributed by atoms with Gasteiger partial charge in [-0.05, 0) is 37.6 Å². The van der Waals surface area contributed by atoms with Gasteiger partial charge in [-0.15, -0.1) is 0 Å². The number of carbonyl (C=O) groups is 1. The summed E-state index contributed by atoms with van der Waals surface area (Å²) in [5.41, 5.74) is 2.10. The van der Waals surface area contributed by atoms with Gasteiger partial charge in [-0.2, -0.15) is 0 Å². The molecule has 1 aliphatic rings. The topological polar surface area (TPSA) is 45.7 Å². The van der Waals surface area contributed by atoms with Crippen LogP contribution in [0.25, 0.3) is 0 Å². The van der Waals surface area contributed by atoms with Gasteiger partial charge in [-0.25, -0.2) is 4.39 Å². The largest absolute Gasteiger partial charge is 0.494 e. The first-order valence-electron chi connectivity index (χ1n) is 8.85. The molecule has 0 N–H and O–H groups in total. The van der Waals surface area contributed by atoms with E-state index in [0.29, 0.717) is 13.1 Å². The number of hydrogen-bond acceptors (Lipinski definition) is 4. The molecule has 0 unspecified atom stereocenters. The van der Waals surface area contributed by atoms with E-state index < -0.39 is 5.82 Å². The normalized spacial score (nSPS) is 15.6. The van der Waals surface area contributed by atoms with Gasteiger partial charge in [-0.1, -0.05) is 12.1 Å². The molecule has 0 atom stereocenters. The molecule has 1 aromatic carbocycles.